The minimum Gasteiger partial charge on any atom is -0.463 e. The molecule has 0 spiro atoms. The van der Waals surface area contributed by atoms with E-state index in [1.54, 1.807) is 6.26 Å². The molecule has 0 saturated carbocycles. The summed E-state index contributed by atoms with van der Waals surface area (Å²) in [5.74, 6) is 0.0613. The molecule has 4 heteroatoms. The van der Waals surface area contributed by atoms with Crippen LogP contribution in [0.5, 0.6) is 0 Å². The third-order valence-electron chi connectivity index (χ3n) is 3.98. The second kappa shape index (κ2) is 5.67. The average Bonchev–Trinajstić information content (AvgIpc) is 3.13. The van der Waals surface area contributed by atoms with E-state index >= 15 is 0 Å². The van der Waals surface area contributed by atoms with Crippen molar-refractivity contribution in [3.8, 4) is 0 Å². The van der Waals surface area contributed by atoms with Gasteiger partial charge >= 0.3 is 0 Å². The van der Waals surface area contributed by atoms with Crippen LogP contribution in [-0.2, 0) is 0 Å². The van der Waals surface area contributed by atoms with Crippen LogP contribution in [0.25, 0.3) is 11.0 Å². The molecule has 106 valence electrons. The molecule has 1 atom stereocenters. The Labute approximate surface area is 118 Å². The van der Waals surface area contributed by atoms with Gasteiger partial charge in [0, 0.05) is 24.5 Å². The molecule has 1 aliphatic heterocycles. The molecule has 1 aromatic heterocycles. The fourth-order valence-electron chi connectivity index (χ4n) is 2.85. The summed E-state index contributed by atoms with van der Waals surface area (Å²) in [5, 5.41) is 4.34. The third-order valence-corrected chi connectivity index (χ3v) is 3.98. The lowest BCUT2D eigenvalue weighted by molar-refractivity contribution is 0.0752. The molecule has 1 aromatic carbocycles. The zero-order valence-corrected chi connectivity index (χ0v) is 11.8. The molecular weight excluding hydrogens is 252 g/mol. The second-order valence-electron chi connectivity index (χ2n) is 5.28. The van der Waals surface area contributed by atoms with Crippen molar-refractivity contribution in [1.29, 1.82) is 0 Å². The molecule has 20 heavy (non-hydrogen) atoms. The highest BCUT2D eigenvalue weighted by molar-refractivity contribution is 6.05. The lowest BCUT2D eigenvalue weighted by Crippen LogP contribution is -2.40. The molecule has 1 amide bonds. The molecule has 3 rings (SSSR count). The molecule has 1 fully saturated rings. The first-order valence-electron chi connectivity index (χ1n) is 7.28. The number of carbonyl (C=O) groups excluding carboxylic acids is 1. The van der Waals surface area contributed by atoms with E-state index in [-0.39, 0.29) is 5.91 Å². The van der Waals surface area contributed by atoms with Gasteiger partial charge in [0.25, 0.3) is 5.91 Å². The lowest BCUT2D eigenvalue weighted by Gasteiger charge is -2.24. The van der Waals surface area contributed by atoms with E-state index in [4.69, 9.17) is 4.42 Å². The Balaban J connectivity index is 1.82. The number of hydrogen-bond acceptors (Lipinski definition) is 3. The average molecular weight is 272 g/mol. The smallest absolute Gasteiger partial charge is 0.257 e. The van der Waals surface area contributed by atoms with Crippen molar-refractivity contribution >= 4 is 16.9 Å². The highest BCUT2D eigenvalue weighted by atomic mass is 16.3. The monoisotopic (exact) mass is 272 g/mol. The number of para-hydroxylation sites is 1. The van der Waals surface area contributed by atoms with Crippen LogP contribution in [0, 0.1) is 0 Å². The van der Waals surface area contributed by atoms with E-state index in [9.17, 15) is 4.79 Å². The van der Waals surface area contributed by atoms with E-state index in [0.29, 0.717) is 11.6 Å². The molecule has 0 radical (unpaired) electrons. The van der Waals surface area contributed by atoms with Crippen molar-refractivity contribution in [2.45, 2.75) is 25.8 Å². The highest BCUT2D eigenvalue weighted by Gasteiger charge is 2.23. The van der Waals surface area contributed by atoms with Crippen LogP contribution in [0.1, 0.15) is 30.1 Å². The van der Waals surface area contributed by atoms with E-state index in [1.807, 2.05) is 36.1 Å². The molecule has 1 saturated heterocycles. The number of amides is 1. The molecule has 1 N–H and O–H groups in total. The molecule has 0 bridgehead atoms. The van der Waals surface area contributed by atoms with Gasteiger partial charge in [-0.25, -0.2) is 0 Å². The van der Waals surface area contributed by atoms with Crippen LogP contribution >= 0.6 is 0 Å². The maximum absolute atomic E-state index is 12.7. The molecule has 1 unspecified atom stereocenters. The number of carbonyl (C=O) groups is 1. The highest BCUT2D eigenvalue weighted by Crippen LogP contribution is 2.22. The van der Waals surface area contributed by atoms with Crippen LogP contribution in [0.15, 0.2) is 34.9 Å². The quantitative estimate of drug-likeness (QED) is 0.930. The molecule has 2 heterocycles. The van der Waals surface area contributed by atoms with Crippen molar-refractivity contribution in [1.82, 2.24) is 10.2 Å². The SMILES string of the molecule is CCN(CC1CCCN1)C(=O)c1coc2ccccc12. The van der Waals surface area contributed by atoms with Crippen LogP contribution in [-0.4, -0.2) is 36.5 Å². The summed E-state index contributed by atoms with van der Waals surface area (Å²) in [6.45, 7) is 4.57. The van der Waals surface area contributed by atoms with E-state index in [0.717, 1.165) is 37.0 Å². The van der Waals surface area contributed by atoms with Gasteiger partial charge in [0.1, 0.15) is 11.8 Å². The van der Waals surface area contributed by atoms with E-state index < -0.39 is 0 Å². The Kier molecular flexibility index (Phi) is 3.74. The number of nitrogens with zero attached hydrogens (tertiary/aromatic N) is 1. The largest absolute Gasteiger partial charge is 0.463 e. The number of nitrogens with one attached hydrogen (secondary N) is 1. The first kappa shape index (κ1) is 13.2. The van der Waals surface area contributed by atoms with Gasteiger partial charge in [0.15, 0.2) is 0 Å². The molecule has 1 aliphatic rings. The van der Waals surface area contributed by atoms with Gasteiger partial charge in [-0.05, 0) is 32.4 Å². The predicted octanol–water partition coefficient (Wildman–Crippen LogP) is 2.65. The topological polar surface area (TPSA) is 45.5 Å². The number of furan rings is 1. The van der Waals surface area contributed by atoms with Gasteiger partial charge in [0.05, 0.1) is 5.56 Å². The Bertz CT molecular complexity index is 599. The number of fused-ring (bicyclic) bond motifs is 1. The van der Waals surface area contributed by atoms with Gasteiger partial charge in [-0.3, -0.25) is 4.79 Å². The van der Waals surface area contributed by atoms with Gasteiger partial charge in [-0.15, -0.1) is 0 Å². The Morgan fingerprint density at radius 3 is 3.05 bits per heavy atom. The molecule has 0 aliphatic carbocycles. The first-order valence-corrected chi connectivity index (χ1v) is 7.28. The van der Waals surface area contributed by atoms with Crippen LogP contribution in [0.2, 0.25) is 0 Å². The maximum atomic E-state index is 12.7. The Morgan fingerprint density at radius 1 is 1.45 bits per heavy atom. The minimum absolute atomic E-state index is 0.0613. The molecule has 4 nitrogen and oxygen atoms in total. The van der Waals surface area contributed by atoms with Crippen molar-refractivity contribution in [2.75, 3.05) is 19.6 Å². The molecule has 2 aromatic rings. The standard InChI is InChI=1S/C16H20N2O2/c1-2-18(10-12-6-5-9-17-12)16(19)14-11-20-15-8-4-3-7-13(14)15/h3-4,7-8,11-12,17H,2,5-6,9-10H2,1H3. The molecular formula is C16H20N2O2. The zero-order chi connectivity index (χ0) is 13.9. The van der Waals surface area contributed by atoms with Crippen molar-refractivity contribution in [2.24, 2.45) is 0 Å². The zero-order valence-electron chi connectivity index (χ0n) is 11.8. The van der Waals surface area contributed by atoms with Gasteiger partial charge in [-0.1, -0.05) is 18.2 Å². The van der Waals surface area contributed by atoms with Gasteiger partial charge in [-0.2, -0.15) is 0 Å². The van der Waals surface area contributed by atoms with Crippen molar-refractivity contribution < 1.29 is 9.21 Å². The van der Waals surface area contributed by atoms with Gasteiger partial charge < -0.3 is 14.6 Å². The fourth-order valence-corrected chi connectivity index (χ4v) is 2.85. The van der Waals surface area contributed by atoms with Crippen LogP contribution in [0.4, 0.5) is 0 Å². The number of hydrogen-bond donors (Lipinski definition) is 1. The third kappa shape index (κ3) is 2.43. The summed E-state index contributed by atoms with van der Waals surface area (Å²) in [6, 6.07) is 8.11. The van der Waals surface area contributed by atoms with Crippen molar-refractivity contribution in [3.05, 3.63) is 36.1 Å². The first-order chi connectivity index (χ1) is 9.79. The van der Waals surface area contributed by atoms with Gasteiger partial charge in [0.2, 0.25) is 0 Å². The fraction of sp³-hybridized carbons (Fsp3) is 0.438. The number of rotatable bonds is 4. The minimum atomic E-state index is 0.0613. The summed E-state index contributed by atoms with van der Waals surface area (Å²) < 4.78 is 5.47. The van der Waals surface area contributed by atoms with Crippen LogP contribution in [0.3, 0.4) is 0 Å². The number of benzene rings is 1. The predicted molar refractivity (Wildman–Crippen MR) is 78.8 cm³/mol. The maximum Gasteiger partial charge on any atom is 0.257 e. The normalized spacial score (nSPS) is 18.6. The summed E-state index contributed by atoms with van der Waals surface area (Å²) in [4.78, 5) is 14.6. The Hall–Kier alpha value is -1.81. The van der Waals surface area contributed by atoms with Crippen molar-refractivity contribution in [3.63, 3.8) is 0 Å². The van der Waals surface area contributed by atoms with E-state index in [1.165, 1.54) is 6.42 Å². The second-order valence-corrected chi connectivity index (χ2v) is 5.28. The number of likely N-dealkylation sites (N-methyl/N-ethyl adjacent to an activating group) is 1. The van der Waals surface area contributed by atoms with E-state index in [2.05, 4.69) is 5.32 Å². The summed E-state index contributed by atoms with van der Waals surface area (Å²) in [6.07, 6.45) is 3.93. The lowest BCUT2D eigenvalue weighted by atomic mass is 10.1. The summed E-state index contributed by atoms with van der Waals surface area (Å²) >= 11 is 0. The summed E-state index contributed by atoms with van der Waals surface area (Å²) in [5.41, 5.74) is 1.44. The summed E-state index contributed by atoms with van der Waals surface area (Å²) in [7, 11) is 0. The van der Waals surface area contributed by atoms with Crippen LogP contribution < -0.4 is 5.32 Å². The Morgan fingerprint density at radius 2 is 2.30 bits per heavy atom.